The first-order chi connectivity index (χ1) is 7.66. The number of benzene rings is 1. The van der Waals surface area contributed by atoms with Gasteiger partial charge >= 0.3 is 0 Å². The fourth-order valence-electron chi connectivity index (χ4n) is 1.99. The van der Waals surface area contributed by atoms with E-state index in [-0.39, 0.29) is 0 Å². The molecule has 0 aromatic heterocycles. The molecule has 1 aliphatic rings. The Kier molecular flexibility index (Phi) is 3.74. The van der Waals surface area contributed by atoms with Crippen LogP contribution in [0.5, 0.6) is 0 Å². The van der Waals surface area contributed by atoms with Crippen molar-refractivity contribution in [2.24, 2.45) is 5.92 Å². The predicted molar refractivity (Wildman–Crippen MR) is 74.3 cm³/mol. The molecule has 1 aliphatic carbocycles. The maximum atomic E-state index is 3.57. The highest BCUT2D eigenvalue weighted by atomic mass is 79.9. The van der Waals surface area contributed by atoms with Crippen molar-refractivity contribution in [3.05, 3.63) is 22.7 Å². The summed E-state index contributed by atoms with van der Waals surface area (Å²) in [5, 5.41) is 3.57. The van der Waals surface area contributed by atoms with E-state index in [2.05, 4.69) is 58.4 Å². The first-order valence-corrected chi connectivity index (χ1v) is 6.67. The minimum absolute atomic E-state index is 0.883. The van der Waals surface area contributed by atoms with Crippen molar-refractivity contribution < 1.29 is 0 Å². The van der Waals surface area contributed by atoms with Gasteiger partial charge in [-0.15, -0.1) is 0 Å². The minimum atomic E-state index is 0.883. The van der Waals surface area contributed by atoms with Crippen molar-refractivity contribution in [2.45, 2.75) is 19.3 Å². The second kappa shape index (κ2) is 5.09. The largest absolute Gasteiger partial charge is 0.383 e. The minimum Gasteiger partial charge on any atom is -0.383 e. The molecule has 0 bridgehead atoms. The van der Waals surface area contributed by atoms with Crippen molar-refractivity contribution in [1.82, 2.24) is 0 Å². The Bertz CT molecular complexity index is 359. The van der Waals surface area contributed by atoms with Crippen LogP contribution in [0.4, 0.5) is 11.4 Å². The number of nitrogens with one attached hydrogen (secondary N) is 1. The van der Waals surface area contributed by atoms with Crippen LogP contribution in [0.2, 0.25) is 0 Å². The van der Waals surface area contributed by atoms with Crippen molar-refractivity contribution in [1.29, 1.82) is 0 Å². The first kappa shape index (κ1) is 11.8. The summed E-state index contributed by atoms with van der Waals surface area (Å²) in [5.74, 6) is 0.883. The fraction of sp³-hybridized carbons (Fsp3) is 0.538. The van der Waals surface area contributed by atoms with Crippen LogP contribution in [0.15, 0.2) is 22.7 Å². The van der Waals surface area contributed by atoms with E-state index in [4.69, 9.17) is 0 Å². The molecule has 1 aromatic carbocycles. The third-order valence-corrected chi connectivity index (χ3v) is 3.74. The molecule has 1 N–H and O–H groups in total. The molecule has 2 nitrogen and oxygen atoms in total. The van der Waals surface area contributed by atoms with E-state index in [0.29, 0.717) is 0 Å². The van der Waals surface area contributed by atoms with Crippen LogP contribution in [0.3, 0.4) is 0 Å². The van der Waals surface area contributed by atoms with E-state index >= 15 is 0 Å². The van der Waals surface area contributed by atoms with Gasteiger partial charge in [0, 0.05) is 25.1 Å². The summed E-state index contributed by atoms with van der Waals surface area (Å²) in [4.78, 5) is 2.15. The smallest absolute Gasteiger partial charge is 0.0597 e. The Morgan fingerprint density at radius 1 is 1.38 bits per heavy atom. The van der Waals surface area contributed by atoms with Crippen LogP contribution in [0.25, 0.3) is 0 Å². The summed E-state index contributed by atoms with van der Waals surface area (Å²) < 4.78 is 1.13. The van der Waals surface area contributed by atoms with Crippen molar-refractivity contribution in [2.75, 3.05) is 30.9 Å². The van der Waals surface area contributed by atoms with E-state index in [1.807, 2.05) is 0 Å². The summed E-state index contributed by atoms with van der Waals surface area (Å²) in [6, 6.07) is 6.39. The Labute approximate surface area is 106 Å². The van der Waals surface area contributed by atoms with Gasteiger partial charge < -0.3 is 10.2 Å². The average Bonchev–Trinajstić information content (AvgIpc) is 2.14. The number of halogens is 1. The van der Waals surface area contributed by atoms with Crippen LogP contribution in [0.1, 0.15) is 19.3 Å². The topological polar surface area (TPSA) is 15.3 Å². The molecule has 0 heterocycles. The second-order valence-electron chi connectivity index (χ2n) is 4.73. The highest BCUT2D eigenvalue weighted by molar-refractivity contribution is 9.10. The van der Waals surface area contributed by atoms with Gasteiger partial charge in [-0.2, -0.15) is 0 Å². The summed E-state index contributed by atoms with van der Waals surface area (Å²) in [6.45, 7) is 1.11. The molecule has 0 spiro atoms. The lowest BCUT2D eigenvalue weighted by atomic mass is 9.85. The van der Waals surface area contributed by atoms with E-state index in [1.54, 1.807) is 0 Å². The molecule has 0 amide bonds. The van der Waals surface area contributed by atoms with Gasteiger partial charge in [0.25, 0.3) is 0 Å². The molecule has 2 rings (SSSR count). The number of anilines is 2. The van der Waals surface area contributed by atoms with Crippen molar-refractivity contribution >= 4 is 27.3 Å². The summed E-state index contributed by atoms with van der Waals surface area (Å²) in [6.07, 6.45) is 4.18. The van der Waals surface area contributed by atoms with Crippen LogP contribution in [0, 0.1) is 5.92 Å². The summed E-state index contributed by atoms with van der Waals surface area (Å²) in [7, 11) is 4.16. The lowest BCUT2D eigenvalue weighted by molar-refractivity contribution is 0.333. The third kappa shape index (κ3) is 2.70. The SMILES string of the molecule is CN(C)c1ccc(Br)cc1NCC1CCC1. The third-order valence-electron chi connectivity index (χ3n) is 3.25. The van der Waals surface area contributed by atoms with E-state index in [9.17, 15) is 0 Å². The zero-order valence-corrected chi connectivity index (χ0v) is 11.5. The van der Waals surface area contributed by atoms with Crippen molar-refractivity contribution in [3.63, 3.8) is 0 Å². The number of rotatable bonds is 4. The molecular weight excluding hydrogens is 264 g/mol. The van der Waals surface area contributed by atoms with Gasteiger partial charge in [-0.25, -0.2) is 0 Å². The van der Waals surface area contributed by atoms with Gasteiger partial charge in [0.2, 0.25) is 0 Å². The van der Waals surface area contributed by atoms with Crippen LogP contribution >= 0.6 is 15.9 Å². The number of hydrogen-bond donors (Lipinski definition) is 1. The second-order valence-corrected chi connectivity index (χ2v) is 5.65. The van der Waals surface area contributed by atoms with Gasteiger partial charge in [0.1, 0.15) is 0 Å². The number of nitrogens with zero attached hydrogens (tertiary/aromatic N) is 1. The normalized spacial score (nSPS) is 15.7. The van der Waals surface area contributed by atoms with Gasteiger partial charge in [-0.1, -0.05) is 22.4 Å². The zero-order chi connectivity index (χ0) is 11.5. The van der Waals surface area contributed by atoms with Crippen LogP contribution in [-0.4, -0.2) is 20.6 Å². The van der Waals surface area contributed by atoms with Gasteiger partial charge in [-0.05, 0) is 37.0 Å². The van der Waals surface area contributed by atoms with Crippen LogP contribution < -0.4 is 10.2 Å². The molecule has 3 heteroatoms. The number of hydrogen-bond acceptors (Lipinski definition) is 2. The molecular formula is C13H19BrN2. The fourth-order valence-corrected chi connectivity index (χ4v) is 2.35. The predicted octanol–water partition coefficient (Wildman–Crippen LogP) is 3.73. The molecule has 0 radical (unpaired) electrons. The van der Waals surface area contributed by atoms with Crippen molar-refractivity contribution in [3.8, 4) is 0 Å². The molecule has 0 unspecified atom stereocenters. The van der Waals surface area contributed by atoms with Gasteiger partial charge in [0.05, 0.1) is 11.4 Å². The van der Waals surface area contributed by atoms with E-state index in [1.165, 1.54) is 30.6 Å². The molecule has 0 saturated heterocycles. The summed E-state index contributed by atoms with van der Waals surface area (Å²) in [5.41, 5.74) is 2.48. The Morgan fingerprint density at radius 2 is 2.12 bits per heavy atom. The molecule has 1 fully saturated rings. The highest BCUT2D eigenvalue weighted by Crippen LogP contribution is 2.31. The Hall–Kier alpha value is -0.700. The molecule has 88 valence electrons. The van der Waals surface area contributed by atoms with Gasteiger partial charge in [-0.3, -0.25) is 0 Å². The maximum absolute atomic E-state index is 3.57. The molecule has 1 saturated carbocycles. The molecule has 0 atom stereocenters. The quantitative estimate of drug-likeness (QED) is 0.905. The lowest BCUT2D eigenvalue weighted by Gasteiger charge is -2.27. The van der Waals surface area contributed by atoms with Gasteiger partial charge in [0.15, 0.2) is 0 Å². The summed E-state index contributed by atoms with van der Waals surface area (Å²) >= 11 is 3.52. The Balaban J connectivity index is 2.06. The average molecular weight is 283 g/mol. The first-order valence-electron chi connectivity index (χ1n) is 5.87. The molecule has 16 heavy (non-hydrogen) atoms. The van der Waals surface area contributed by atoms with E-state index < -0.39 is 0 Å². The van der Waals surface area contributed by atoms with Crippen LogP contribution in [-0.2, 0) is 0 Å². The van der Waals surface area contributed by atoms with E-state index in [0.717, 1.165) is 16.9 Å². The highest BCUT2D eigenvalue weighted by Gasteiger charge is 2.17. The Morgan fingerprint density at radius 3 is 2.69 bits per heavy atom. The monoisotopic (exact) mass is 282 g/mol. The molecule has 0 aliphatic heterocycles. The lowest BCUT2D eigenvalue weighted by Crippen LogP contribution is -2.22. The standard InChI is InChI=1S/C13H19BrN2/c1-16(2)13-7-6-11(14)8-12(13)15-9-10-4-3-5-10/h6-8,10,15H,3-5,9H2,1-2H3. The molecule has 1 aromatic rings. The zero-order valence-electron chi connectivity index (χ0n) is 9.96. The maximum Gasteiger partial charge on any atom is 0.0597 e.